The molecular formula is C13H14FN5. The van der Waals surface area contributed by atoms with Crippen LogP contribution in [0.3, 0.4) is 0 Å². The van der Waals surface area contributed by atoms with Gasteiger partial charge in [-0.3, -0.25) is 4.57 Å². The maximum absolute atomic E-state index is 14.1. The van der Waals surface area contributed by atoms with Crippen LogP contribution in [0.25, 0.3) is 16.9 Å². The van der Waals surface area contributed by atoms with Crippen molar-refractivity contribution in [2.24, 2.45) is 7.05 Å². The Morgan fingerprint density at radius 1 is 1.26 bits per heavy atom. The van der Waals surface area contributed by atoms with Crippen molar-refractivity contribution in [3.8, 4) is 5.69 Å². The SMILES string of the molecule is Cc1ccc(-n2c(N)nc3c(C)nn(C)c32)c(F)c1. The van der Waals surface area contributed by atoms with Gasteiger partial charge in [0.2, 0.25) is 5.95 Å². The molecule has 0 atom stereocenters. The molecule has 0 saturated carbocycles. The van der Waals surface area contributed by atoms with Gasteiger partial charge in [-0.25, -0.2) is 14.1 Å². The molecule has 3 rings (SSSR count). The normalized spacial score (nSPS) is 11.4. The van der Waals surface area contributed by atoms with E-state index < -0.39 is 0 Å². The number of imidazole rings is 1. The zero-order valence-electron chi connectivity index (χ0n) is 11.0. The number of hydrogen-bond donors (Lipinski definition) is 1. The summed E-state index contributed by atoms with van der Waals surface area (Å²) in [7, 11) is 1.79. The summed E-state index contributed by atoms with van der Waals surface area (Å²) < 4.78 is 17.4. The fourth-order valence-corrected chi connectivity index (χ4v) is 2.32. The van der Waals surface area contributed by atoms with Gasteiger partial charge in [0.05, 0.1) is 11.4 Å². The van der Waals surface area contributed by atoms with Crippen molar-refractivity contribution in [2.75, 3.05) is 5.73 Å². The molecule has 1 aromatic carbocycles. The van der Waals surface area contributed by atoms with E-state index in [1.807, 2.05) is 19.9 Å². The number of hydrogen-bond acceptors (Lipinski definition) is 3. The van der Waals surface area contributed by atoms with Gasteiger partial charge < -0.3 is 5.73 Å². The summed E-state index contributed by atoms with van der Waals surface area (Å²) in [5.41, 5.74) is 9.32. The number of nitrogens with zero attached hydrogens (tertiary/aromatic N) is 4. The van der Waals surface area contributed by atoms with Gasteiger partial charge in [-0.1, -0.05) is 6.07 Å². The lowest BCUT2D eigenvalue weighted by atomic mass is 10.2. The van der Waals surface area contributed by atoms with E-state index in [0.29, 0.717) is 16.9 Å². The van der Waals surface area contributed by atoms with Gasteiger partial charge in [0.25, 0.3) is 0 Å². The van der Waals surface area contributed by atoms with Gasteiger partial charge in [0, 0.05) is 7.05 Å². The maximum Gasteiger partial charge on any atom is 0.207 e. The summed E-state index contributed by atoms with van der Waals surface area (Å²) in [6.07, 6.45) is 0. The number of fused-ring (bicyclic) bond motifs is 1. The van der Waals surface area contributed by atoms with E-state index in [1.165, 1.54) is 6.07 Å². The number of rotatable bonds is 1. The first-order valence-electron chi connectivity index (χ1n) is 5.93. The monoisotopic (exact) mass is 259 g/mol. The molecule has 0 amide bonds. The summed E-state index contributed by atoms with van der Waals surface area (Å²) >= 11 is 0. The van der Waals surface area contributed by atoms with Crippen molar-refractivity contribution in [1.29, 1.82) is 0 Å². The topological polar surface area (TPSA) is 61.7 Å². The summed E-state index contributed by atoms with van der Waals surface area (Å²) in [6, 6.07) is 5.02. The van der Waals surface area contributed by atoms with Gasteiger partial charge in [-0.15, -0.1) is 0 Å². The highest BCUT2D eigenvalue weighted by Crippen LogP contribution is 2.26. The van der Waals surface area contributed by atoms with Gasteiger partial charge in [0.15, 0.2) is 5.65 Å². The second kappa shape index (κ2) is 3.81. The number of halogens is 1. The minimum atomic E-state index is -0.329. The molecule has 0 spiro atoms. The Morgan fingerprint density at radius 2 is 2.00 bits per heavy atom. The molecule has 98 valence electrons. The lowest BCUT2D eigenvalue weighted by Gasteiger charge is -2.08. The molecule has 2 heterocycles. The Labute approximate surface area is 109 Å². The molecule has 0 aliphatic carbocycles. The van der Waals surface area contributed by atoms with Gasteiger partial charge in [-0.05, 0) is 31.5 Å². The van der Waals surface area contributed by atoms with Crippen LogP contribution in [0.5, 0.6) is 0 Å². The molecule has 2 aromatic heterocycles. The minimum Gasteiger partial charge on any atom is -0.369 e. The molecule has 5 nitrogen and oxygen atoms in total. The average Bonchev–Trinajstić information content (AvgIpc) is 2.79. The van der Waals surface area contributed by atoms with Crippen LogP contribution in [-0.2, 0) is 7.05 Å². The predicted molar refractivity (Wildman–Crippen MR) is 71.7 cm³/mol. The molecule has 0 unspecified atom stereocenters. The van der Waals surface area contributed by atoms with Crippen LogP contribution in [0.4, 0.5) is 10.3 Å². The molecule has 19 heavy (non-hydrogen) atoms. The molecule has 0 bridgehead atoms. The van der Waals surface area contributed by atoms with E-state index >= 15 is 0 Å². The van der Waals surface area contributed by atoms with Crippen molar-refractivity contribution in [1.82, 2.24) is 19.3 Å². The number of nitrogens with two attached hydrogens (primary N) is 1. The van der Waals surface area contributed by atoms with Crippen LogP contribution in [0.15, 0.2) is 18.2 Å². The summed E-state index contributed by atoms with van der Waals surface area (Å²) in [4.78, 5) is 4.26. The van der Waals surface area contributed by atoms with Crippen molar-refractivity contribution in [2.45, 2.75) is 13.8 Å². The first-order chi connectivity index (χ1) is 8.99. The average molecular weight is 259 g/mol. The predicted octanol–water partition coefficient (Wildman–Crippen LogP) is 2.10. The molecule has 0 aliphatic rings. The largest absolute Gasteiger partial charge is 0.369 e. The fourth-order valence-electron chi connectivity index (χ4n) is 2.32. The zero-order valence-corrected chi connectivity index (χ0v) is 11.0. The van der Waals surface area contributed by atoms with Crippen molar-refractivity contribution in [3.63, 3.8) is 0 Å². The molecule has 0 fully saturated rings. The Kier molecular flexibility index (Phi) is 2.35. The number of nitrogen functional groups attached to an aromatic ring is 1. The molecule has 0 radical (unpaired) electrons. The van der Waals surface area contributed by atoms with Crippen LogP contribution < -0.4 is 5.73 Å². The number of benzene rings is 1. The fraction of sp³-hybridized carbons (Fsp3) is 0.231. The lowest BCUT2D eigenvalue weighted by molar-refractivity contribution is 0.617. The van der Waals surface area contributed by atoms with Gasteiger partial charge >= 0.3 is 0 Å². The molecule has 6 heteroatoms. The Morgan fingerprint density at radius 3 is 2.68 bits per heavy atom. The molecule has 0 saturated heterocycles. The van der Waals surface area contributed by atoms with E-state index in [2.05, 4.69) is 10.1 Å². The van der Waals surface area contributed by atoms with E-state index in [0.717, 1.165) is 11.3 Å². The first-order valence-corrected chi connectivity index (χ1v) is 5.93. The summed E-state index contributed by atoms with van der Waals surface area (Å²) in [5, 5.41) is 4.28. The highest BCUT2D eigenvalue weighted by Gasteiger charge is 2.18. The molecular weight excluding hydrogens is 245 g/mol. The summed E-state index contributed by atoms with van der Waals surface area (Å²) in [6.45, 7) is 3.69. The van der Waals surface area contributed by atoms with E-state index in [4.69, 9.17) is 5.73 Å². The third kappa shape index (κ3) is 1.60. The van der Waals surface area contributed by atoms with Crippen LogP contribution in [0.2, 0.25) is 0 Å². The van der Waals surface area contributed by atoms with E-state index in [-0.39, 0.29) is 11.8 Å². The standard InChI is InChI=1S/C13H14FN5/c1-7-4-5-10(9(14)6-7)19-12-11(16-13(19)15)8(2)17-18(12)3/h4-6H,1-3H3,(H2,15,16). The van der Waals surface area contributed by atoms with Crippen molar-refractivity contribution >= 4 is 17.1 Å². The maximum atomic E-state index is 14.1. The smallest absolute Gasteiger partial charge is 0.207 e. The number of aromatic nitrogens is 4. The Bertz CT molecular complexity index is 784. The van der Waals surface area contributed by atoms with Crippen LogP contribution in [-0.4, -0.2) is 19.3 Å². The third-order valence-electron chi connectivity index (χ3n) is 3.17. The second-order valence-corrected chi connectivity index (χ2v) is 4.64. The van der Waals surface area contributed by atoms with E-state index in [9.17, 15) is 4.39 Å². The Balaban J connectivity index is 2.38. The van der Waals surface area contributed by atoms with Crippen LogP contribution >= 0.6 is 0 Å². The van der Waals surface area contributed by atoms with Crippen LogP contribution in [0.1, 0.15) is 11.3 Å². The van der Waals surface area contributed by atoms with Crippen LogP contribution in [0, 0.1) is 19.7 Å². The minimum absolute atomic E-state index is 0.258. The molecule has 0 aliphatic heterocycles. The summed E-state index contributed by atoms with van der Waals surface area (Å²) in [5.74, 6) is -0.0706. The zero-order chi connectivity index (χ0) is 13.7. The van der Waals surface area contributed by atoms with Gasteiger partial charge in [0.1, 0.15) is 11.3 Å². The van der Waals surface area contributed by atoms with E-state index in [1.54, 1.807) is 22.4 Å². The Hall–Kier alpha value is -2.37. The van der Waals surface area contributed by atoms with Crippen molar-refractivity contribution in [3.05, 3.63) is 35.3 Å². The highest BCUT2D eigenvalue weighted by atomic mass is 19.1. The van der Waals surface area contributed by atoms with Gasteiger partial charge in [-0.2, -0.15) is 5.10 Å². The second-order valence-electron chi connectivity index (χ2n) is 4.64. The number of aryl methyl sites for hydroxylation is 3. The third-order valence-corrected chi connectivity index (χ3v) is 3.17. The number of anilines is 1. The first kappa shape index (κ1) is 11.7. The highest BCUT2D eigenvalue weighted by molar-refractivity contribution is 5.80. The molecule has 3 aromatic rings. The molecule has 2 N–H and O–H groups in total. The quantitative estimate of drug-likeness (QED) is 0.728. The van der Waals surface area contributed by atoms with Crippen molar-refractivity contribution < 1.29 is 4.39 Å². The lowest BCUT2D eigenvalue weighted by Crippen LogP contribution is -2.06.